The van der Waals surface area contributed by atoms with Gasteiger partial charge in [0.15, 0.2) is 5.96 Å². The molecule has 0 bridgehead atoms. The van der Waals surface area contributed by atoms with E-state index < -0.39 is 5.60 Å². The van der Waals surface area contributed by atoms with Gasteiger partial charge in [0.2, 0.25) is 0 Å². The van der Waals surface area contributed by atoms with Crippen molar-refractivity contribution >= 4 is 11.9 Å². The second kappa shape index (κ2) is 9.41. The third kappa shape index (κ3) is 5.60. The van der Waals surface area contributed by atoms with Crippen molar-refractivity contribution in [3.8, 4) is 0 Å². The van der Waals surface area contributed by atoms with Gasteiger partial charge in [-0.1, -0.05) is 12.1 Å². The summed E-state index contributed by atoms with van der Waals surface area (Å²) in [4.78, 5) is 16.3. The molecule has 0 radical (unpaired) electrons. The fourth-order valence-electron chi connectivity index (χ4n) is 2.98. The van der Waals surface area contributed by atoms with Crippen molar-refractivity contribution in [3.63, 3.8) is 0 Å². The topological polar surface area (TPSA) is 98.9 Å². The van der Waals surface area contributed by atoms with E-state index >= 15 is 0 Å². The zero-order valence-electron chi connectivity index (χ0n) is 17.2. The molecule has 152 valence electrons. The summed E-state index contributed by atoms with van der Waals surface area (Å²) in [5, 5.41) is 19.8. The van der Waals surface area contributed by atoms with E-state index in [0.29, 0.717) is 30.4 Å². The Balaban J connectivity index is 2.08. The smallest absolute Gasteiger partial charge is 0.251 e. The molecule has 0 saturated heterocycles. The molecule has 2 rings (SSSR count). The second-order valence-electron chi connectivity index (χ2n) is 6.93. The Hall–Kier alpha value is -2.80. The number of nitrogens with zero attached hydrogens (tertiary/aromatic N) is 1. The Morgan fingerprint density at radius 2 is 2.00 bits per heavy atom. The number of amides is 1. The van der Waals surface area contributed by atoms with E-state index in [2.05, 4.69) is 20.9 Å². The van der Waals surface area contributed by atoms with Gasteiger partial charge in [0.25, 0.3) is 5.91 Å². The van der Waals surface area contributed by atoms with Crippen LogP contribution in [0.2, 0.25) is 0 Å². The van der Waals surface area contributed by atoms with Crippen molar-refractivity contribution in [3.05, 3.63) is 58.5 Å². The van der Waals surface area contributed by atoms with Crippen LogP contribution in [0.15, 0.2) is 39.7 Å². The van der Waals surface area contributed by atoms with Crippen molar-refractivity contribution in [1.29, 1.82) is 0 Å². The summed E-state index contributed by atoms with van der Waals surface area (Å²) in [6.07, 6.45) is 0. The maximum Gasteiger partial charge on any atom is 0.251 e. The van der Waals surface area contributed by atoms with Crippen LogP contribution in [0.5, 0.6) is 0 Å². The molecule has 7 heteroatoms. The van der Waals surface area contributed by atoms with Gasteiger partial charge in [-0.25, -0.2) is 4.99 Å². The summed E-state index contributed by atoms with van der Waals surface area (Å²) in [6, 6.07) is 9.20. The molecular weight excluding hydrogens is 356 g/mol. The molecule has 1 amide bonds. The molecule has 4 N–H and O–H groups in total. The number of carbonyl (C=O) groups is 1. The van der Waals surface area contributed by atoms with Gasteiger partial charge in [-0.15, -0.1) is 0 Å². The molecule has 1 atom stereocenters. The van der Waals surface area contributed by atoms with Crippen LogP contribution >= 0.6 is 0 Å². The molecule has 0 saturated carbocycles. The third-order valence-electron chi connectivity index (χ3n) is 4.40. The summed E-state index contributed by atoms with van der Waals surface area (Å²) >= 11 is 0. The Morgan fingerprint density at radius 1 is 1.25 bits per heavy atom. The Bertz CT molecular complexity index is 840. The number of nitrogens with one attached hydrogen (secondary N) is 3. The zero-order chi connectivity index (χ0) is 20.7. The molecule has 2 aromatic rings. The highest BCUT2D eigenvalue weighted by Crippen LogP contribution is 2.26. The largest absolute Gasteiger partial charge is 0.466 e. The first-order chi connectivity index (χ1) is 13.3. The first-order valence-corrected chi connectivity index (χ1v) is 9.40. The van der Waals surface area contributed by atoms with E-state index in [0.717, 1.165) is 16.9 Å². The molecule has 1 aromatic carbocycles. The van der Waals surface area contributed by atoms with Crippen LogP contribution in [0, 0.1) is 13.8 Å². The van der Waals surface area contributed by atoms with Crippen molar-refractivity contribution in [2.45, 2.75) is 39.8 Å². The third-order valence-corrected chi connectivity index (χ3v) is 4.40. The predicted octanol–water partition coefficient (Wildman–Crippen LogP) is 2.22. The summed E-state index contributed by atoms with van der Waals surface area (Å²) < 4.78 is 5.53. The first kappa shape index (κ1) is 21.5. The maximum absolute atomic E-state index is 11.8. The molecule has 28 heavy (non-hydrogen) atoms. The normalized spacial score (nSPS) is 13.7. The molecular formula is C21H30N4O3. The van der Waals surface area contributed by atoms with Crippen molar-refractivity contribution in [2.75, 3.05) is 20.1 Å². The highest BCUT2D eigenvalue weighted by molar-refractivity contribution is 5.94. The van der Waals surface area contributed by atoms with Gasteiger partial charge in [0, 0.05) is 24.7 Å². The average Bonchev–Trinajstić information content (AvgIpc) is 3.02. The fourth-order valence-corrected chi connectivity index (χ4v) is 2.98. The Kier molecular flexibility index (Phi) is 7.23. The van der Waals surface area contributed by atoms with Crippen LogP contribution in [0.25, 0.3) is 0 Å². The number of benzene rings is 1. The monoisotopic (exact) mass is 386 g/mol. The van der Waals surface area contributed by atoms with Gasteiger partial charge in [-0.2, -0.15) is 0 Å². The lowest BCUT2D eigenvalue weighted by molar-refractivity contribution is 0.0601. The van der Waals surface area contributed by atoms with Gasteiger partial charge in [0.1, 0.15) is 17.1 Å². The first-order valence-electron chi connectivity index (χ1n) is 9.40. The molecule has 0 aliphatic carbocycles. The number of carbonyl (C=O) groups excluding carboxylic acids is 1. The number of guanidine groups is 1. The summed E-state index contributed by atoms with van der Waals surface area (Å²) in [5.41, 5.74) is 1.18. The lowest BCUT2D eigenvalue weighted by Crippen LogP contribution is -2.44. The number of hydrogen-bond donors (Lipinski definition) is 4. The van der Waals surface area contributed by atoms with E-state index in [4.69, 9.17) is 4.42 Å². The van der Waals surface area contributed by atoms with Gasteiger partial charge < -0.3 is 25.5 Å². The van der Waals surface area contributed by atoms with Crippen LogP contribution < -0.4 is 16.0 Å². The maximum atomic E-state index is 11.8. The number of hydrogen-bond acceptors (Lipinski definition) is 4. The molecule has 1 unspecified atom stereocenters. The number of furan rings is 1. The lowest BCUT2D eigenvalue weighted by atomic mass is 9.96. The number of rotatable bonds is 7. The molecule has 1 aromatic heterocycles. The van der Waals surface area contributed by atoms with Gasteiger partial charge >= 0.3 is 0 Å². The molecule has 0 fully saturated rings. The minimum atomic E-state index is -1.10. The van der Waals surface area contributed by atoms with E-state index in [-0.39, 0.29) is 12.5 Å². The van der Waals surface area contributed by atoms with Crippen molar-refractivity contribution < 1.29 is 14.3 Å². The highest BCUT2D eigenvalue weighted by Gasteiger charge is 2.27. The number of aryl methyl sites for hydroxylation is 2. The van der Waals surface area contributed by atoms with Crippen molar-refractivity contribution in [1.82, 2.24) is 16.0 Å². The lowest BCUT2D eigenvalue weighted by Gasteiger charge is -2.24. The van der Waals surface area contributed by atoms with Gasteiger partial charge in [-0.3, -0.25) is 4.79 Å². The predicted molar refractivity (Wildman–Crippen MR) is 110 cm³/mol. The summed E-state index contributed by atoms with van der Waals surface area (Å²) in [5.74, 6) is 1.94. The quantitative estimate of drug-likeness (QED) is 0.432. The fraction of sp³-hybridized carbons (Fsp3) is 0.429. The highest BCUT2D eigenvalue weighted by atomic mass is 16.3. The van der Waals surface area contributed by atoms with Crippen LogP contribution in [-0.4, -0.2) is 37.1 Å². The minimum Gasteiger partial charge on any atom is -0.466 e. The second-order valence-corrected chi connectivity index (χ2v) is 6.93. The van der Waals surface area contributed by atoms with Crippen LogP contribution in [0.1, 0.15) is 46.9 Å². The van der Waals surface area contributed by atoms with Crippen LogP contribution in [-0.2, 0) is 12.1 Å². The minimum absolute atomic E-state index is 0.127. The standard InChI is InChI=1S/C21H30N4O3/c1-6-23-20(24-12-16-8-7-9-17(11-16)19(26)22-5)25-13-21(4,27)18-10-14(2)28-15(18)3/h7-11,27H,6,12-13H2,1-5H3,(H,22,26)(H2,23,24,25). The van der Waals surface area contributed by atoms with E-state index in [1.54, 1.807) is 20.0 Å². The number of aliphatic hydroxyl groups is 1. The van der Waals surface area contributed by atoms with Gasteiger partial charge in [-0.05, 0) is 51.5 Å². The van der Waals surface area contributed by atoms with Crippen molar-refractivity contribution in [2.24, 2.45) is 4.99 Å². The van der Waals surface area contributed by atoms with Gasteiger partial charge in [0.05, 0.1) is 13.1 Å². The molecule has 0 aliphatic rings. The zero-order valence-corrected chi connectivity index (χ0v) is 17.2. The summed E-state index contributed by atoms with van der Waals surface area (Å²) in [7, 11) is 1.61. The molecule has 0 aliphatic heterocycles. The molecule has 7 nitrogen and oxygen atoms in total. The Morgan fingerprint density at radius 3 is 2.61 bits per heavy atom. The van der Waals surface area contributed by atoms with E-state index in [1.165, 1.54) is 0 Å². The Labute approximate surface area is 166 Å². The number of aliphatic imine (C=N–C) groups is 1. The molecule has 0 spiro atoms. The van der Waals surface area contributed by atoms with Crippen LogP contribution in [0.3, 0.4) is 0 Å². The van der Waals surface area contributed by atoms with E-state index in [9.17, 15) is 9.90 Å². The van der Waals surface area contributed by atoms with Crippen LogP contribution in [0.4, 0.5) is 0 Å². The molecule has 1 heterocycles. The van der Waals surface area contributed by atoms with E-state index in [1.807, 2.05) is 45.0 Å². The summed E-state index contributed by atoms with van der Waals surface area (Å²) in [6.45, 7) is 8.80. The average molecular weight is 386 g/mol. The SMILES string of the molecule is CCNC(=NCc1cccc(C(=O)NC)c1)NCC(C)(O)c1cc(C)oc1C.